The molecule has 0 aliphatic carbocycles. The minimum Gasteiger partial charge on any atom is -0.491 e. The van der Waals surface area contributed by atoms with Gasteiger partial charge in [-0.15, -0.1) is 0 Å². The summed E-state index contributed by atoms with van der Waals surface area (Å²) in [6, 6.07) is 12.1. The third-order valence-electron chi connectivity index (χ3n) is 5.28. The van der Waals surface area contributed by atoms with Crippen LogP contribution in [0.5, 0.6) is 5.75 Å². The summed E-state index contributed by atoms with van der Waals surface area (Å²) in [6.45, 7) is 6.34. The molecule has 0 saturated carbocycles. The highest BCUT2D eigenvalue weighted by molar-refractivity contribution is 7.91. The third-order valence-corrected chi connectivity index (χ3v) is 7.06. The molecule has 2 aromatic rings. The van der Waals surface area contributed by atoms with E-state index in [1.807, 2.05) is 13.8 Å². The van der Waals surface area contributed by atoms with Gasteiger partial charge in [-0.05, 0) is 50.2 Å². The Kier molecular flexibility index (Phi) is 6.92. The van der Waals surface area contributed by atoms with Gasteiger partial charge in [-0.1, -0.05) is 12.1 Å². The van der Waals surface area contributed by atoms with Crippen LogP contribution in [0.1, 0.15) is 24.2 Å². The van der Waals surface area contributed by atoms with Gasteiger partial charge in [0.2, 0.25) is 9.84 Å². The van der Waals surface area contributed by atoms with Gasteiger partial charge in [0.25, 0.3) is 0 Å². The summed E-state index contributed by atoms with van der Waals surface area (Å²) in [6.07, 6.45) is 0. The lowest BCUT2D eigenvalue weighted by atomic mass is 9.91. The van der Waals surface area contributed by atoms with E-state index in [-0.39, 0.29) is 28.8 Å². The van der Waals surface area contributed by atoms with Crippen molar-refractivity contribution in [3.05, 3.63) is 54.1 Å². The highest BCUT2D eigenvalue weighted by Gasteiger charge is 2.36. The minimum atomic E-state index is -3.72. The van der Waals surface area contributed by atoms with Crippen molar-refractivity contribution >= 4 is 15.6 Å². The van der Waals surface area contributed by atoms with Crippen molar-refractivity contribution < 1.29 is 27.8 Å². The van der Waals surface area contributed by atoms with Gasteiger partial charge in [0.05, 0.1) is 35.2 Å². The zero-order valence-electron chi connectivity index (χ0n) is 17.2. The average molecular weight is 434 g/mol. The number of hydrogen-bond acceptors (Lipinski definition) is 7. The van der Waals surface area contributed by atoms with Gasteiger partial charge in [-0.2, -0.15) is 0 Å². The SMILES string of the molecule is CC(C)(C(=O)c1ccc(S(=O)(=O)c2ccc(OCCO)cc2)cc1)N1CCOCC1. The van der Waals surface area contributed by atoms with Crippen LogP contribution in [-0.4, -0.2) is 69.3 Å². The summed E-state index contributed by atoms with van der Waals surface area (Å²) in [5.41, 5.74) is -0.229. The van der Waals surface area contributed by atoms with E-state index >= 15 is 0 Å². The van der Waals surface area contributed by atoms with Crippen molar-refractivity contribution in [3.63, 3.8) is 0 Å². The van der Waals surface area contributed by atoms with Gasteiger partial charge in [0.1, 0.15) is 12.4 Å². The predicted molar refractivity (Wildman–Crippen MR) is 112 cm³/mol. The molecule has 8 heteroatoms. The second-order valence-corrected chi connectivity index (χ2v) is 9.51. The van der Waals surface area contributed by atoms with Crippen LogP contribution < -0.4 is 4.74 Å². The number of rotatable bonds is 8. The molecule has 0 radical (unpaired) electrons. The maximum absolute atomic E-state index is 13.1. The molecule has 162 valence electrons. The second kappa shape index (κ2) is 9.26. The van der Waals surface area contributed by atoms with Crippen molar-refractivity contribution in [2.24, 2.45) is 0 Å². The molecule has 1 aliphatic rings. The smallest absolute Gasteiger partial charge is 0.206 e. The first kappa shape index (κ1) is 22.4. The molecular weight excluding hydrogens is 406 g/mol. The Hall–Kier alpha value is -2.26. The quantitative estimate of drug-likeness (QED) is 0.638. The lowest BCUT2D eigenvalue weighted by Gasteiger charge is -2.39. The molecule has 30 heavy (non-hydrogen) atoms. The minimum absolute atomic E-state index is 0.0567. The molecular formula is C22H27NO6S. The number of aliphatic hydroxyl groups excluding tert-OH is 1. The molecule has 7 nitrogen and oxygen atoms in total. The summed E-state index contributed by atoms with van der Waals surface area (Å²) in [5, 5.41) is 8.79. The fraction of sp³-hybridized carbons (Fsp3) is 0.409. The Bertz CT molecular complexity index is 962. The standard InChI is InChI=1S/C22H27NO6S/c1-22(2,23-11-14-28-15-12-23)21(25)17-3-7-19(8-4-17)30(26,27)20-9-5-18(6-10-20)29-16-13-24/h3-10,24H,11-16H2,1-2H3. The van der Waals surface area contributed by atoms with Crippen LogP contribution in [0.15, 0.2) is 58.3 Å². The highest BCUT2D eigenvalue weighted by Crippen LogP contribution is 2.26. The van der Waals surface area contributed by atoms with Crippen LogP contribution in [0.2, 0.25) is 0 Å². The van der Waals surface area contributed by atoms with Crippen LogP contribution in [0, 0.1) is 0 Å². The second-order valence-electron chi connectivity index (χ2n) is 7.56. The van der Waals surface area contributed by atoms with E-state index in [0.717, 1.165) is 0 Å². The first-order valence-electron chi connectivity index (χ1n) is 9.83. The summed E-state index contributed by atoms with van der Waals surface area (Å²) in [4.78, 5) is 15.4. The fourth-order valence-corrected chi connectivity index (χ4v) is 4.68. The van der Waals surface area contributed by atoms with Crippen LogP contribution in [0.25, 0.3) is 0 Å². The van der Waals surface area contributed by atoms with Crippen molar-refractivity contribution in [1.29, 1.82) is 0 Å². The molecule has 0 atom stereocenters. The van der Waals surface area contributed by atoms with E-state index in [0.29, 0.717) is 37.6 Å². The maximum atomic E-state index is 13.1. The first-order valence-corrected chi connectivity index (χ1v) is 11.3. The molecule has 1 aliphatic heterocycles. The van der Waals surface area contributed by atoms with E-state index in [9.17, 15) is 13.2 Å². The number of aliphatic hydroxyl groups is 1. The predicted octanol–water partition coefficient (Wildman–Crippen LogP) is 2.18. The Labute approximate surface area is 177 Å². The van der Waals surface area contributed by atoms with Crippen LogP contribution >= 0.6 is 0 Å². The van der Waals surface area contributed by atoms with Gasteiger partial charge < -0.3 is 14.6 Å². The highest BCUT2D eigenvalue weighted by atomic mass is 32.2. The van der Waals surface area contributed by atoms with Crippen molar-refractivity contribution in [2.45, 2.75) is 29.2 Å². The van der Waals surface area contributed by atoms with Crippen molar-refractivity contribution in [3.8, 4) is 5.75 Å². The molecule has 0 spiro atoms. The van der Waals surface area contributed by atoms with E-state index in [2.05, 4.69) is 4.90 Å². The Morgan fingerprint density at radius 3 is 2.10 bits per heavy atom. The van der Waals surface area contributed by atoms with E-state index in [1.165, 1.54) is 24.3 Å². The number of carbonyl (C=O) groups excluding carboxylic acids is 1. The van der Waals surface area contributed by atoms with E-state index < -0.39 is 15.4 Å². The largest absolute Gasteiger partial charge is 0.491 e. The lowest BCUT2D eigenvalue weighted by Crippen LogP contribution is -2.54. The summed E-state index contributed by atoms with van der Waals surface area (Å²) in [7, 11) is -3.72. The average Bonchev–Trinajstić information content (AvgIpc) is 2.78. The zero-order chi connectivity index (χ0) is 21.8. The normalized spacial score (nSPS) is 15.7. The Morgan fingerprint density at radius 2 is 1.57 bits per heavy atom. The number of nitrogens with zero attached hydrogens (tertiary/aromatic N) is 1. The van der Waals surface area contributed by atoms with Crippen molar-refractivity contribution in [2.75, 3.05) is 39.5 Å². The molecule has 0 amide bonds. The zero-order valence-corrected chi connectivity index (χ0v) is 18.0. The number of benzene rings is 2. The molecule has 0 unspecified atom stereocenters. The number of ketones is 1. The number of carbonyl (C=O) groups is 1. The summed E-state index contributed by atoms with van der Waals surface area (Å²) < 4.78 is 36.4. The van der Waals surface area contributed by atoms with Gasteiger partial charge in [0, 0.05) is 18.7 Å². The molecule has 1 fully saturated rings. The first-order chi connectivity index (χ1) is 14.3. The fourth-order valence-electron chi connectivity index (χ4n) is 3.42. The van der Waals surface area contributed by atoms with Crippen LogP contribution in [0.3, 0.4) is 0 Å². The number of sulfone groups is 1. The summed E-state index contributed by atoms with van der Waals surface area (Å²) >= 11 is 0. The van der Waals surface area contributed by atoms with E-state index in [4.69, 9.17) is 14.6 Å². The Morgan fingerprint density at radius 1 is 1.03 bits per heavy atom. The third kappa shape index (κ3) is 4.73. The number of morpholine rings is 1. The molecule has 1 saturated heterocycles. The van der Waals surface area contributed by atoms with Gasteiger partial charge >= 0.3 is 0 Å². The monoisotopic (exact) mass is 433 g/mol. The van der Waals surface area contributed by atoms with Gasteiger partial charge in [-0.25, -0.2) is 8.42 Å². The molecule has 1 heterocycles. The van der Waals surface area contributed by atoms with Crippen LogP contribution in [0.4, 0.5) is 0 Å². The topological polar surface area (TPSA) is 93.1 Å². The summed E-state index contributed by atoms with van der Waals surface area (Å²) in [5.74, 6) is 0.424. The van der Waals surface area contributed by atoms with Crippen molar-refractivity contribution in [1.82, 2.24) is 4.90 Å². The van der Waals surface area contributed by atoms with E-state index in [1.54, 1.807) is 24.3 Å². The Balaban J connectivity index is 1.77. The molecule has 1 N–H and O–H groups in total. The molecule has 0 aromatic heterocycles. The number of Topliss-reactive ketones (excluding diaryl/α,β-unsaturated/α-hetero) is 1. The molecule has 0 bridgehead atoms. The molecule has 3 rings (SSSR count). The molecule has 2 aromatic carbocycles. The van der Waals surface area contributed by atoms with Gasteiger partial charge in [0.15, 0.2) is 5.78 Å². The lowest BCUT2D eigenvalue weighted by molar-refractivity contribution is -0.00430. The number of hydrogen-bond donors (Lipinski definition) is 1. The van der Waals surface area contributed by atoms with Crippen LogP contribution in [-0.2, 0) is 14.6 Å². The maximum Gasteiger partial charge on any atom is 0.206 e. The number of ether oxygens (including phenoxy) is 2. The van der Waals surface area contributed by atoms with Gasteiger partial charge in [-0.3, -0.25) is 9.69 Å².